The Hall–Kier alpha value is -1.39. The summed E-state index contributed by atoms with van der Waals surface area (Å²) in [5.41, 5.74) is -0.322. The van der Waals surface area contributed by atoms with Crippen LogP contribution in [-0.4, -0.2) is 41.7 Å². The van der Waals surface area contributed by atoms with Crippen molar-refractivity contribution >= 4 is 5.91 Å². The molecule has 0 aromatic heterocycles. The number of carbonyl (C=O) groups is 1. The first-order valence-electron chi connectivity index (χ1n) is 8.23. The molecule has 0 spiro atoms. The van der Waals surface area contributed by atoms with Gasteiger partial charge in [-0.25, -0.2) is 0 Å². The third kappa shape index (κ3) is 3.33. The summed E-state index contributed by atoms with van der Waals surface area (Å²) < 4.78 is 5.79. The Labute approximate surface area is 132 Å². The van der Waals surface area contributed by atoms with Crippen LogP contribution in [0.1, 0.15) is 38.2 Å². The molecular formula is C18H25NO3. The van der Waals surface area contributed by atoms with Crippen molar-refractivity contribution in [2.75, 3.05) is 19.7 Å². The average molecular weight is 303 g/mol. The summed E-state index contributed by atoms with van der Waals surface area (Å²) in [6.45, 7) is 4.09. The predicted molar refractivity (Wildman–Crippen MR) is 84.3 cm³/mol. The van der Waals surface area contributed by atoms with Gasteiger partial charge in [-0.15, -0.1) is 0 Å². The molecule has 3 rings (SSSR count). The highest BCUT2D eigenvalue weighted by Gasteiger charge is 2.36. The van der Waals surface area contributed by atoms with Crippen LogP contribution in [0.25, 0.3) is 0 Å². The lowest BCUT2D eigenvalue weighted by atomic mass is 9.87. The van der Waals surface area contributed by atoms with Gasteiger partial charge in [0.05, 0.1) is 18.1 Å². The van der Waals surface area contributed by atoms with E-state index in [2.05, 4.69) is 0 Å². The highest BCUT2D eigenvalue weighted by Crippen LogP contribution is 2.30. The Bertz CT molecular complexity index is 514. The Morgan fingerprint density at radius 1 is 1.36 bits per heavy atom. The van der Waals surface area contributed by atoms with Gasteiger partial charge in [-0.2, -0.15) is 0 Å². The molecule has 4 heteroatoms. The van der Waals surface area contributed by atoms with Crippen LogP contribution in [-0.2, 0) is 15.1 Å². The fraction of sp³-hybridized carbons (Fsp3) is 0.611. The molecule has 3 unspecified atom stereocenters. The molecule has 0 saturated carbocycles. The van der Waals surface area contributed by atoms with Crippen molar-refractivity contribution in [1.82, 2.24) is 4.90 Å². The van der Waals surface area contributed by atoms with E-state index in [4.69, 9.17) is 4.74 Å². The molecule has 2 heterocycles. The molecule has 2 saturated heterocycles. The van der Waals surface area contributed by atoms with E-state index in [9.17, 15) is 9.90 Å². The van der Waals surface area contributed by atoms with Crippen molar-refractivity contribution in [2.45, 2.75) is 44.3 Å². The first-order valence-corrected chi connectivity index (χ1v) is 8.23. The Morgan fingerprint density at radius 2 is 2.14 bits per heavy atom. The molecule has 1 N–H and O–H groups in total. The van der Waals surface area contributed by atoms with Gasteiger partial charge in [0.25, 0.3) is 0 Å². The highest BCUT2D eigenvalue weighted by atomic mass is 16.5. The molecule has 2 aliphatic heterocycles. The summed E-state index contributed by atoms with van der Waals surface area (Å²) >= 11 is 0. The maximum Gasteiger partial charge on any atom is 0.225 e. The van der Waals surface area contributed by atoms with E-state index in [1.807, 2.05) is 35.2 Å². The molecule has 4 nitrogen and oxygen atoms in total. The number of aliphatic hydroxyl groups is 1. The van der Waals surface area contributed by atoms with Gasteiger partial charge in [-0.05, 0) is 31.7 Å². The van der Waals surface area contributed by atoms with Gasteiger partial charge < -0.3 is 14.7 Å². The van der Waals surface area contributed by atoms with Crippen LogP contribution in [0.2, 0.25) is 0 Å². The molecule has 0 bridgehead atoms. The van der Waals surface area contributed by atoms with E-state index < -0.39 is 5.60 Å². The standard InChI is InChI=1S/C18H25NO3/c1-18(21,15-7-3-2-4-8-15)12-17(20)19-10-9-16-14(13-19)6-5-11-22-16/h2-4,7-8,14,16,21H,5-6,9-13H2,1H3. The van der Waals surface area contributed by atoms with Crippen LogP contribution in [0, 0.1) is 5.92 Å². The fourth-order valence-corrected chi connectivity index (χ4v) is 3.62. The smallest absolute Gasteiger partial charge is 0.225 e. The minimum atomic E-state index is -1.11. The van der Waals surface area contributed by atoms with Crippen molar-refractivity contribution in [3.63, 3.8) is 0 Å². The first-order chi connectivity index (χ1) is 10.6. The van der Waals surface area contributed by atoms with Crippen LogP contribution < -0.4 is 0 Å². The van der Waals surface area contributed by atoms with Crippen molar-refractivity contribution in [3.05, 3.63) is 35.9 Å². The topological polar surface area (TPSA) is 49.8 Å². The van der Waals surface area contributed by atoms with Crippen molar-refractivity contribution in [2.24, 2.45) is 5.92 Å². The number of fused-ring (bicyclic) bond motifs is 1. The number of ether oxygens (including phenoxy) is 1. The van der Waals surface area contributed by atoms with Gasteiger partial charge in [0.15, 0.2) is 0 Å². The summed E-state index contributed by atoms with van der Waals surface area (Å²) in [5, 5.41) is 10.6. The Morgan fingerprint density at radius 3 is 2.91 bits per heavy atom. The lowest BCUT2D eigenvalue weighted by molar-refractivity contribution is -0.143. The second-order valence-electron chi connectivity index (χ2n) is 6.76. The number of amides is 1. The second kappa shape index (κ2) is 6.39. The molecule has 3 atom stereocenters. The first kappa shape index (κ1) is 15.5. The molecule has 120 valence electrons. The molecule has 1 aromatic carbocycles. The number of hydrogen-bond donors (Lipinski definition) is 1. The van der Waals surface area contributed by atoms with E-state index in [1.165, 1.54) is 0 Å². The number of piperidine rings is 1. The minimum absolute atomic E-state index is 0.0397. The van der Waals surface area contributed by atoms with Crippen LogP contribution in [0.3, 0.4) is 0 Å². The highest BCUT2D eigenvalue weighted by molar-refractivity contribution is 5.77. The summed E-state index contributed by atoms with van der Waals surface area (Å²) in [7, 11) is 0. The van der Waals surface area contributed by atoms with Crippen LogP contribution in [0.4, 0.5) is 0 Å². The molecule has 0 radical (unpaired) electrons. The van der Waals surface area contributed by atoms with Gasteiger partial charge in [-0.1, -0.05) is 30.3 Å². The number of rotatable bonds is 3. The fourth-order valence-electron chi connectivity index (χ4n) is 3.62. The number of benzene rings is 1. The van der Waals surface area contributed by atoms with Crippen molar-refractivity contribution in [1.29, 1.82) is 0 Å². The van der Waals surface area contributed by atoms with Crippen LogP contribution >= 0.6 is 0 Å². The Balaban J connectivity index is 1.62. The largest absolute Gasteiger partial charge is 0.385 e. The monoisotopic (exact) mass is 303 g/mol. The molecular weight excluding hydrogens is 278 g/mol. The van der Waals surface area contributed by atoms with E-state index in [0.29, 0.717) is 12.0 Å². The summed E-state index contributed by atoms with van der Waals surface area (Å²) in [4.78, 5) is 14.5. The van der Waals surface area contributed by atoms with Gasteiger partial charge in [0, 0.05) is 25.6 Å². The molecule has 1 amide bonds. The number of carbonyl (C=O) groups excluding carboxylic acids is 1. The van der Waals surface area contributed by atoms with E-state index in [0.717, 1.165) is 44.5 Å². The van der Waals surface area contributed by atoms with Gasteiger partial charge in [0.2, 0.25) is 5.91 Å². The molecule has 0 aliphatic carbocycles. The third-order valence-electron chi connectivity index (χ3n) is 4.96. The zero-order valence-electron chi connectivity index (χ0n) is 13.2. The van der Waals surface area contributed by atoms with Gasteiger partial charge in [0.1, 0.15) is 0 Å². The Kier molecular flexibility index (Phi) is 4.50. The zero-order chi connectivity index (χ0) is 15.6. The lowest BCUT2D eigenvalue weighted by Crippen LogP contribution is -2.49. The zero-order valence-corrected chi connectivity index (χ0v) is 13.2. The van der Waals surface area contributed by atoms with Crippen LogP contribution in [0.5, 0.6) is 0 Å². The van der Waals surface area contributed by atoms with E-state index in [1.54, 1.807) is 6.92 Å². The number of nitrogens with zero attached hydrogens (tertiary/aromatic N) is 1. The summed E-state index contributed by atoms with van der Waals surface area (Å²) in [6, 6.07) is 9.43. The minimum Gasteiger partial charge on any atom is -0.385 e. The predicted octanol–water partition coefficient (Wildman–Crippen LogP) is 2.31. The van der Waals surface area contributed by atoms with Crippen LogP contribution in [0.15, 0.2) is 30.3 Å². The molecule has 22 heavy (non-hydrogen) atoms. The van der Waals surface area contributed by atoms with Crippen molar-refractivity contribution in [3.8, 4) is 0 Å². The number of hydrogen-bond acceptors (Lipinski definition) is 3. The maximum atomic E-state index is 12.6. The molecule has 2 aliphatic rings. The second-order valence-corrected chi connectivity index (χ2v) is 6.76. The van der Waals surface area contributed by atoms with E-state index in [-0.39, 0.29) is 12.3 Å². The summed E-state index contributed by atoms with van der Waals surface area (Å²) in [5.74, 6) is 0.506. The third-order valence-corrected chi connectivity index (χ3v) is 4.96. The normalized spacial score (nSPS) is 27.8. The SMILES string of the molecule is CC(O)(CC(=O)N1CCC2OCCCC2C1)c1ccccc1. The van der Waals surface area contributed by atoms with Gasteiger partial charge in [-0.3, -0.25) is 4.79 Å². The molecule has 1 aromatic rings. The number of likely N-dealkylation sites (tertiary alicyclic amines) is 1. The van der Waals surface area contributed by atoms with Crippen molar-refractivity contribution < 1.29 is 14.6 Å². The quantitative estimate of drug-likeness (QED) is 0.932. The average Bonchev–Trinajstić information content (AvgIpc) is 2.55. The van der Waals surface area contributed by atoms with E-state index >= 15 is 0 Å². The molecule has 2 fully saturated rings. The maximum absolute atomic E-state index is 12.6. The summed E-state index contributed by atoms with van der Waals surface area (Å²) in [6.07, 6.45) is 3.61. The lowest BCUT2D eigenvalue weighted by Gasteiger charge is -2.41. The van der Waals surface area contributed by atoms with Gasteiger partial charge >= 0.3 is 0 Å².